The highest BCUT2D eigenvalue weighted by Gasteiger charge is 2.26. The minimum Gasteiger partial charge on any atom is -0.479 e. The van der Waals surface area contributed by atoms with E-state index >= 15 is 0 Å². The van der Waals surface area contributed by atoms with Gasteiger partial charge in [0.1, 0.15) is 0 Å². The maximum Gasteiger partial charge on any atom is 0.359 e. The van der Waals surface area contributed by atoms with Gasteiger partial charge in [0.25, 0.3) is 0 Å². The molecule has 1 aromatic rings. The van der Waals surface area contributed by atoms with Crippen LogP contribution in [-0.2, 0) is 23.0 Å². The van der Waals surface area contributed by atoms with E-state index in [4.69, 9.17) is 15.6 Å². The van der Waals surface area contributed by atoms with Crippen molar-refractivity contribution in [3.63, 3.8) is 0 Å². The van der Waals surface area contributed by atoms with Gasteiger partial charge in [0.15, 0.2) is 11.8 Å². The van der Waals surface area contributed by atoms with E-state index in [0.717, 1.165) is 0 Å². The van der Waals surface area contributed by atoms with Gasteiger partial charge in [0.05, 0.1) is 11.4 Å². The summed E-state index contributed by atoms with van der Waals surface area (Å²) in [7, 11) is 1.57. The molecule has 0 aliphatic carbocycles. The summed E-state index contributed by atoms with van der Waals surface area (Å²) in [6.07, 6.45) is 0.298. The van der Waals surface area contributed by atoms with Crippen molar-refractivity contribution in [3.8, 4) is 0 Å². The van der Waals surface area contributed by atoms with Crippen molar-refractivity contribution in [1.82, 2.24) is 9.78 Å². The Labute approximate surface area is 111 Å². The first-order chi connectivity index (χ1) is 8.92. The molecule has 0 aliphatic heterocycles. The number of carboxylic acids is 1. The van der Waals surface area contributed by atoms with E-state index in [1.807, 2.05) is 13.8 Å². The summed E-state index contributed by atoms with van der Waals surface area (Å²) in [6, 6.07) is 0. The molecule has 19 heavy (non-hydrogen) atoms. The lowest BCUT2D eigenvalue weighted by atomic mass is 10.2. The minimum absolute atomic E-state index is 0.0965. The number of esters is 1. The van der Waals surface area contributed by atoms with Crippen LogP contribution in [0.3, 0.4) is 0 Å². The number of rotatable bonds is 6. The van der Waals surface area contributed by atoms with Crippen LogP contribution in [0.2, 0.25) is 0 Å². The molecule has 0 saturated heterocycles. The van der Waals surface area contributed by atoms with Crippen molar-refractivity contribution in [2.45, 2.75) is 39.2 Å². The molecule has 0 saturated carbocycles. The number of aliphatic carboxylic acids is 1. The third-order valence-electron chi connectivity index (χ3n) is 2.76. The number of carbonyl (C=O) groups is 2. The van der Waals surface area contributed by atoms with Gasteiger partial charge >= 0.3 is 11.9 Å². The first-order valence-electron chi connectivity index (χ1n) is 6.17. The average Bonchev–Trinajstić information content (AvgIpc) is 2.63. The molecule has 1 heterocycles. The Hall–Kier alpha value is -2.05. The number of nitrogens with two attached hydrogens (primary N) is 1. The van der Waals surface area contributed by atoms with Crippen LogP contribution in [0.1, 0.15) is 42.9 Å². The van der Waals surface area contributed by atoms with Crippen LogP contribution in [-0.4, -0.2) is 32.9 Å². The molecule has 0 fully saturated rings. The number of aryl methyl sites for hydroxylation is 2. The molecule has 1 aromatic heterocycles. The van der Waals surface area contributed by atoms with Crippen LogP contribution in [0.5, 0.6) is 0 Å². The number of ether oxygens (including phenoxy) is 1. The quantitative estimate of drug-likeness (QED) is 0.745. The minimum atomic E-state index is -1.16. The van der Waals surface area contributed by atoms with Gasteiger partial charge in [-0.2, -0.15) is 5.10 Å². The van der Waals surface area contributed by atoms with Crippen LogP contribution in [0, 0.1) is 0 Å². The van der Waals surface area contributed by atoms with Gasteiger partial charge < -0.3 is 15.6 Å². The molecule has 0 aliphatic rings. The van der Waals surface area contributed by atoms with Crippen LogP contribution in [0.4, 0.5) is 5.69 Å². The fourth-order valence-corrected chi connectivity index (χ4v) is 1.78. The second kappa shape index (κ2) is 6.21. The van der Waals surface area contributed by atoms with Gasteiger partial charge in [-0.25, -0.2) is 9.59 Å². The van der Waals surface area contributed by atoms with E-state index in [0.29, 0.717) is 18.5 Å². The third-order valence-corrected chi connectivity index (χ3v) is 2.76. The molecule has 0 bridgehead atoms. The van der Waals surface area contributed by atoms with Crippen LogP contribution >= 0.6 is 0 Å². The molecule has 0 radical (unpaired) electrons. The molecule has 3 N–H and O–H groups in total. The van der Waals surface area contributed by atoms with Gasteiger partial charge in [-0.3, -0.25) is 4.68 Å². The number of carbonyl (C=O) groups excluding carboxylic acids is 1. The van der Waals surface area contributed by atoms with E-state index in [2.05, 4.69) is 5.10 Å². The summed E-state index contributed by atoms with van der Waals surface area (Å²) in [5, 5.41) is 13.1. The second-order valence-electron chi connectivity index (χ2n) is 4.21. The van der Waals surface area contributed by atoms with Gasteiger partial charge in [-0.1, -0.05) is 20.3 Å². The maximum absolute atomic E-state index is 12.0. The summed E-state index contributed by atoms with van der Waals surface area (Å²) in [5.74, 6) is -1.92. The Morgan fingerprint density at radius 1 is 1.47 bits per heavy atom. The number of carboxylic acid groups (broad SMARTS) is 1. The third kappa shape index (κ3) is 3.24. The molecule has 0 spiro atoms. The van der Waals surface area contributed by atoms with Crippen molar-refractivity contribution in [1.29, 1.82) is 0 Å². The first-order valence-corrected chi connectivity index (χ1v) is 6.17. The number of hydrogen-bond acceptors (Lipinski definition) is 5. The van der Waals surface area contributed by atoms with E-state index < -0.39 is 18.0 Å². The smallest absolute Gasteiger partial charge is 0.359 e. The van der Waals surface area contributed by atoms with Gasteiger partial charge in [0, 0.05) is 7.05 Å². The molecule has 1 atom stereocenters. The van der Waals surface area contributed by atoms with E-state index in [-0.39, 0.29) is 17.8 Å². The second-order valence-corrected chi connectivity index (χ2v) is 4.21. The number of anilines is 1. The predicted octanol–water partition coefficient (Wildman–Crippen LogP) is 0.975. The lowest BCUT2D eigenvalue weighted by Crippen LogP contribution is -2.28. The van der Waals surface area contributed by atoms with E-state index in [1.165, 1.54) is 4.68 Å². The Morgan fingerprint density at radius 3 is 2.53 bits per heavy atom. The summed E-state index contributed by atoms with van der Waals surface area (Å²) in [4.78, 5) is 22.9. The predicted molar refractivity (Wildman–Crippen MR) is 68.7 cm³/mol. The zero-order valence-electron chi connectivity index (χ0n) is 11.3. The molecule has 106 valence electrons. The summed E-state index contributed by atoms with van der Waals surface area (Å²) in [5.41, 5.74) is 6.75. The normalized spacial score (nSPS) is 12.2. The fraction of sp³-hybridized carbons (Fsp3) is 0.583. The largest absolute Gasteiger partial charge is 0.479 e. The van der Waals surface area contributed by atoms with E-state index in [1.54, 1.807) is 7.05 Å². The number of nitrogen functional groups attached to an aromatic ring is 1. The van der Waals surface area contributed by atoms with Crippen LogP contribution < -0.4 is 5.73 Å². The standard InChI is InChI=1S/C12H19N3O4/c1-4-6-8(11(16)17)19-12(18)10-9(13)7(5-2)14-15(10)3/h8H,4-6,13H2,1-3H3,(H,16,17). The fourth-order valence-electron chi connectivity index (χ4n) is 1.78. The Bertz CT molecular complexity index is 482. The topological polar surface area (TPSA) is 107 Å². The summed E-state index contributed by atoms with van der Waals surface area (Å²) < 4.78 is 6.30. The Kier molecular flexibility index (Phi) is 4.91. The Balaban J connectivity index is 2.94. The van der Waals surface area contributed by atoms with Crippen molar-refractivity contribution in [2.24, 2.45) is 7.05 Å². The van der Waals surface area contributed by atoms with E-state index in [9.17, 15) is 9.59 Å². The maximum atomic E-state index is 12.0. The molecular weight excluding hydrogens is 250 g/mol. The zero-order valence-corrected chi connectivity index (χ0v) is 11.3. The van der Waals surface area contributed by atoms with Crippen molar-refractivity contribution in [2.75, 3.05) is 5.73 Å². The molecule has 1 unspecified atom stereocenters. The highest BCUT2D eigenvalue weighted by Crippen LogP contribution is 2.19. The van der Waals surface area contributed by atoms with Crippen molar-refractivity contribution < 1.29 is 19.4 Å². The molecule has 0 aromatic carbocycles. The molecule has 0 amide bonds. The van der Waals surface area contributed by atoms with Gasteiger partial charge in [-0.15, -0.1) is 0 Å². The van der Waals surface area contributed by atoms with Gasteiger partial charge in [-0.05, 0) is 12.8 Å². The van der Waals surface area contributed by atoms with Gasteiger partial charge in [0.2, 0.25) is 0 Å². The first kappa shape index (κ1) is 15.0. The molecule has 7 nitrogen and oxygen atoms in total. The molecule has 1 rings (SSSR count). The lowest BCUT2D eigenvalue weighted by Gasteiger charge is -2.13. The van der Waals surface area contributed by atoms with Crippen molar-refractivity contribution in [3.05, 3.63) is 11.4 Å². The van der Waals surface area contributed by atoms with Crippen molar-refractivity contribution >= 4 is 17.6 Å². The zero-order chi connectivity index (χ0) is 14.6. The number of aromatic nitrogens is 2. The average molecular weight is 269 g/mol. The van der Waals surface area contributed by atoms with Crippen LogP contribution in [0.25, 0.3) is 0 Å². The molecular formula is C12H19N3O4. The summed E-state index contributed by atoms with van der Waals surface area (Å²) in [6.45, 7) is 3.68. The number of hydrogen-bond donors (Lipinski definition) is 2. The number of nitrogens with zero attached hydrogens (tertiary/aromatic N) is 2. The SMILES string of the molecule is CCCC(OC(=O)c1c(N)c(CC)nn1C)C(=O)O. The summed E-state index contributed by atoms with van der Waals surface area (Å²) >= 11 is 0. The monoisotopic (exact) mass is 269 g/mol. The van der Waals surface area contributed by atoms with Crippen LogP contribution in [0.15, 0.2) is 0 Å². The lowest BCUT2D eigenvalue weighted by molar-refractivity contribution is -0.147. The highest BCUT2D eigenvalue weighted by molar-refractivity contribution is 5.95. The molecule has 7 heteroatoms. The Morgan fingerprint density at radius 2 is 2.11 bits per heavy atom. The highest BCUT2D eigenvalue weighted by atomic mass is 16.6.